The van der Waals surface area contributed by atoms with Crippen LogP contribution in [0.2, 0.25) is 0 Å². The summed E-state index contributed by atoms with van der Waals surface area (Å²) in [4.78, 5) is 16.9. The number of carbonyl (C=O) groups excluding carboxylic acids is 1. The molecule has 1 heterocycles. The SMILES string of the molecule is Cc1ccc(CSCC(=O)Nc2nc(-c3ccc4c(c3)CCCC4)cs2)cc1. The molecule has 0 unspecified atom stereocenters. The van der Waals surface area contributed by atoms with E-state index in [1.54, 1.807) is 11.8 Å². The topological polar surface area (TPSA) is 42.0 Å². The maximum atomic E-state index is 12.2. The van der Waals surface area contributed by atoms with Crippen molar-refractivity contribution in [3.63, 3.8) is 0 Å². The molecule has 0 bridgehead atoms. The molecule has 1 amide bonds. The molecule has 0 saturated heterocycles. The van der Waals surface area contributed by atoms with Gasteiger partial charge in [-0.3, -0.25) is 4.79 Å². The van der Waals surface area contributed by atoms with E-state index in [0.29, 0.717) is 10.9 Å². The molecule has 1 aliphatic carbocycles. The summed E-state index contributed by atoms with van der Waals surface area (Å²) in [5.74, 6) is 1.27. The molecule has 0 fully saturated rings. The van der Waals surface area contributed by atoms with Crippen LogP contribution >= 0.6 is 23.1 Å². The summed E-state index contributed by atoms with van der Waals surface area (Å²) < 4.78 is 0. The molecular weight excluding hydrogens is 384 g/mol. The van der Waals surface area contributed by atoms with E-state index in [-0.39, 0.29) is 5.91 Å². The largest absolute Gasteiger partial charge is 0.301 e. The summed E-state index contributed by atoms with van der Waals surface area (Å²) in [6, 6.07) is 15.1. The second-order valence-corrected chi connectivity index (χ2v) is 9.10. The molecule has 0 spiro atoms. The fourth-order valence-corrected chi connectivity index (χ4v) is 4.98. The Morgan fingerprint density at radius 1 is 1.11 bits per heavy atom. The van der Waals surface area contributed by atoms with Gasteiger partial charge in [0.2, 0.25) is 5.91 Å². The van der Waals surface area contributed by atoms with Gasteiger partial charge in [0.25, 0.3) is 0 Å². The number of nitrogens with zero attached hydrogens (tertiary/aromatic N) is 1. The molecule has 0 aliphatic heterocycles. The number of fused-ring (bicyclic) bond motifs is 1. The number of thioether (sulfide) groups is 1. The highest BCUT2D eigenvalue weighted by Gasteiger charge is 2.12. The van der Waals surface area contributed by atoms with Crippen molar-refractivity contribution in [1.82, 2.24) is 4.98 Å². The number of hydrogen-bond acceptors (Lipinski definition) is 4. The molecule has 5 heteroatoms. The van der Waals surface area contributed by atoms with Gasteiger partial charge in [-0.15, -0.1) is 23.1 Å². The number of amides is 1. The summed E-state index contributed by atoms with van der Waals surface area (Å²) in [5.41, 5.74) is 7.52. The van der Waals surface area contributed by atoms with Crippen LogP contribution in [0.1, 0.15) is 35.1 Å². The van der Waals surface area contributed by atoms with Crippen LogP contribution < -0.4 is 5.32 Å². The average Bonchev–Trinajstić information content (AvgIpc) is 3.17. The molecule has 1 aromatic heterocycles. The fraction of sp³-hybridized carbons (Fsp3) is 0.304. The molecule has 1 aliphatic rings. The van der Waals surface area contributed by atoms with Crippen molar-refractivity contribution in [2.75, 3.05) is 11.1 Å². The Labute approximate surface area is 174 Å². The maximum Gasteiger partial charge on any atom is 0.236 e. The lowest BCUT2D eigenvalue weighted by atomic mass is 9.90. The number of benzene rings is 2. The molecule has 2 aromatic carbocycles. The number of anilines is 1. The van der Waals surface area contributed by atoms with E-state index in [2.05, 4.69) is 59.7 Å². The third kappa shape index (κ3) is 4.83. The number of nitrogens with one attached hydrogen (secondary N) is 1. The van der Waals surface area contributed by atoms with Crippen molar-refractivity contribution in [2.45, 2.75) is 38.4 Å². The van der Waals surface area contributed by atoms with E-state index < -0.39 is 0 Å². The van der Waals surface area contributed by atoms with Gasteiger partial charge in [-0.1, -0.05) is 42.0 Å². The highest BCUT2D eigenvalue weighted by atomic mass is 32.2. The molecular formula is C23H24N2OS2. The molecule has 0 radical (unpaired) electrons. The van der Waals surface area contributed by atoms with Crippen LogP contribution in [-0.4, -0.2) is 16.6 Å². The minimum atomic E-state index is 0.00320. The van der Waals surface area contributed by atoms with Crippen LogP contribution in [0.3, 0.4) is 0 Å². The molecule has 3 aromatic rings. The van der Waals surface area contributed by atoms with Crippen LogP contribution in [-0.2, 0) is 23.4 Å². The molecule has 28 heavy (non-hydrogen) atoms. The predicted octanol–water partition coefficient (Wildman–Crippen LogP) is 5.87. The molecule has 144 valence electrons. The van der Waals surface area contributed by atoms with Gasteiger partial charge in [0, 0.05) is 16.7 Å². The maximum absolute atomic E-state index is 12.2. The highest BCUT2D eigenvalue weighted by Crippen LogP contribution is 2.29. The van der Waals surface area contributed by atoms with Crippen LogP contribution in [0, 0.1) is 6.92 Å². The van der Waals surface area contributed by atoms with Crippen molar-refractivity contribution in [2.24, 2.45) is 0 Å². The van der Waals surface area contributed by atoms with E-state index >= 15 is 0 Å². The van der Waals surface area contributed by atoms with E-state index in [1.165, 1.54) is 52.9 Å². The van der Waals surface area contributed by atoms with Crippen molar-refractivity contribution in [3.05, 3.63) is 70.1 Å². The first-order chi connectivity index (χ1) is 13.7. The lowest BCUT2D eigenvalue weighted by molar-refractivity contribution is -0.113. The van der Waals surface area contributed by atoms with Crippen molar-refractivity contribution >= 4 is 34.1 Å². The zero-order valence-corrected chi connectivity index (χ0v) is 17.7. The Morgan fingerprint density at radius 3 is 2.71 bits per heavy atom. The number of thiazole rings is 1. The number of carbonyl (C=O) groups is 1. The Balaban J connectivity index is 1.31. The van der Waals surface area contributed by atoms with Crippen LogP contribution in [0.5, 0.6) is 0 Å². The monoisotopic (exact) mass is 408 g/mol. The van der Waals surface area contributed by atoms with Crippen LogP contribution in [0.4, 0.5) is 5.13 Å². The Kier molecular flexibility index (Phi) is 6.13. The van der Waals surface area contributed by atoms with Gasteiger partial charge >= 0.3 is 0 Å². The zero-order valence-electron chi connectivity index (χ0n) is 16.0. The standard InChI is InChI=1S/C23H24N2OS2/c1-16-6-8-17(9-7-16)13-27-15-22(26)25-23-24-21(14-28-23)20-11-10-18-4-2-3-5-19(18)12-20/h6-12,14H,2-5,13,15H2,1H3,(H,24,25,26). The second-order valence-electron chi connectivity index (χ2n) is 7.26. The minimum absolute atomic E-state index is 0.00320. The number of aromatic nitrogens is 1. The molecule has 1 N–H and O–H groups in total. The summed E-state index contributed by atoms with van der Waals surface area (Å²) in [6.45, 7) is 2.08. The molecule has 0 atom stereocenters. The molecule has 0 saturated carbocycles. The first-order valence-electron chi connectivity index (χ1n) is 9.68. The fourth-order valence-electron chi connectivity index (χ4n) is 3.46. The Morgan fingerprint density at radius 2 is 1.89 bits per heavy atom. The Bertz CT molecular complexity index is 963. The Hall–Kier alpha value is -2.11. The zero-order chi connectivity index (χ0) is 19.3. The van der Waals surface area contributed by atoms with Crippen LogP contribution in [0.15, 0.2) is 47.8 Å². The van der Waals surface area contributed by atoms with Gasteiger partial charge in [0.05, 0.1) is 11.4 Å². The first-order valence-corrected chi connectivity index (χ1v) is 11.7. The normalized spacial score (nSPS) is 13.2. The van der Waals surface area contributed by atoms with Crippen molar-refractivity contribution in [1.29, 1.82) is 0 Å². The van der Waals surface area contributed by atoms with Gasteiger partial charge in [-0.2, -0.15) is 0 Å². The quantitative estimate of drug-likeness (QED) is 0.555. The summed E-state index contributed by atoms with van der Waals surface area (Å²) in [5, 5.41) is 5.64. The highest BCUT2D eigenvalue weighted by molar-refractivity contribution is 7.99. The van der Waals surface area contributed by atoms with Crippen molar-refractivity contribution < 1.29 is 4.79 Å². The minimum Gasteiger partial charge on any atom is -0.301 e. The summed E-state index contributed by atoms with van der Waals surface area (Å²) in [7, 11) is 0. The first kappa shape index (κ1) is 19.2. The molecule has 4 rings (SSSR count). The summed E-state index contributed by atoms with van der Waals surface area (Å²) in [6.07, 6.45) is 4.92. The third-order valence-electron chi connectivity index (χ3n) is 5.02. The molecule has 3 nitrogen and oxygen atoms in total. The second kappa shape index (κ2) is 8.93. The smallest absolute Gasteiger partial charge is 0.236 e. The lowest BCUT2D eigenvalue weighted by Gasteiger charge is -2.16. The lowest BCUT2D eigenvalue weighted by Crippen LogP contribution is -2.14. The van der Waals surface area contributed by atoms with E-state index in [4.69, 9.17) is 0 Å². The predicted molar refractivity (Wildman–Crippen MR) is 120 cm³/mol. The van der Waals surface area contributed by atoms with Gasteiger partial charge in [0.1, 0.15) is 0 Å². The van der Waals surface area contributed by atoms with Gasteiger partial charge in [-0.05, 0) is 55.4 Å². The van der Waals surface area contributed by atoms with Crippen molar-refractivity contribution in [3.8, 4) is 11.3 Å². The van der Waals surface area contributed by atoms with E-state index in [9.17, 15) is 4.79 Å². The number of aryl methyl sites for hydroxylation is 3. The van der Waals surface area contributed by atoms with Gasteiger partial charge in [-0.25, -0.2) is 4.98 Å². The van der Waals surface area contributed by atoms with Crippen LogP contribution in [0.25, 0.3) is 11.3 Å². The third-order valence-corrected chi connectivity index (χ3v) is 6.78. The average molecular weight is 409 g/mol. The number of rotatable bonds is 6. The van der Waals surface area contributed by atoms with E-state index in [0.717, 1.165) is 23.4 Å². The number of hydrogen-bond donors (Lipinski definition) is 1. The van der Waals surface area contributed by atoms with E-state index in [1.807, 2.05) is 5.38 Å². The van der Waals surface area contributed by atoms with Gasteiger partial charge < -0.3 is 5.32 Å². The summed E-state index contributed by atoms with van der Waals surface area (Å²) >= 11 is 3.11. The van der Waals surface area contributed by atoms with Gasteiger partial charge in [0.15, 0.2) is 5.13 Å².